The Morgan fingerprint density at radius 1 is 1.06 bits per heavy atom. The second kappa shape index (κ2) is 17.6. The van der Waals surface area contributed by atoms with Crippen molar-refractivity contribution in [1.29, 1.82) is 0 Å². The number of hydrogen-bond donors (Lipinski definition) is 3. The molecule has 0 saturated carbocycles. The van der Waals surface area contributed by atoms with Crippen molar-refractivity contribution in [2.45, 2.75) is 70.1 Å². The number of fused-ring (bicyclic) bond motifs is 1. The lowest BCUT2D eigenvalue weighted by molar-refractivity contribution is -0.0115. The Kier molecular flexibility index (Phi) is 13.5. The lowest BCUT2D eigenvalue weighted by Gasteiger charge is -2.35. The van der Waals surface area contributed by atoms with E-state index in [9.17, 15) is 23.1 Å². The molecule has 1 aliphatic rings. The average molecular weight is 711 g/mol. The van der Waals surface area contributed by atoms with E-state index in [1.807, 2.05) is 20.8 Å². The highest BCUT2D eigenvalue weighted by Crippen LogP contribution is 2.30. The van der Waals surface area contributed by atoms with Crippen molar-refractivity contribution in [3.63, 3.8) is 0 Å². The average Bonchev–Trinajstić information content (AvgIpc) is 3.09. The minimum absolute atomic E-state index is 0.0948. The molecule has 0 bridgehead atoms. The first-order valence-corrected chi connectivity index (χ1v) is 18.4. The van der Waals surface area contributed by atoms with Gasteiger partial charge < -0.3 is 34.4 Å². The second-order valence-corrected chi connectivity index (χ2v) is 14.7. The Hall–Kier alpha value is -4.33. The van der Waals surface area contributed by atoms with Crippen molar-refractivity contribution in [3.8, 4) is 11.5 Å². The van der Waals surface area contributed by atoms with Gasteiger partial charge in [-0.15, -0.1) is 0 Å². The molecule has 3 amide bonds. The zero-order valence-electron chi connectivity index (χ0n) is 29.7. The molecule has 272 valence electrons. The van der Waals surface area contributed by atoms with Crippen LogP contribution >= 0.6 is 0 Å². The molecule has 0 aromatic heterocycles. The largest absolute Gasteiger partial charge is 0.497 e. The number of nitrogens with zero attached hydrogens (tertiary/aromatic N) is 2. The van der Waals surface area contributed by atoms with Crippen LogP contribution in [-0.2, 0) is 14.8 Å². The third-order valence-corrected chi connectivity index (χ3v) is 10.2. The highest BCUT2D eigenvalue weighted by Gasteiger charge is 2.31. The molecule has 4 rings (SSSR count). The number of carbonyl (C=O) groups is 2. The summed E-state index contributed by atoms with van der Waals surface area (Å²) in [5, 5.41) is 13.1. The first-order valence-electron chi connectivity index (χ1n) is 16.9. The number of aliphatic hydroxyl groups excluding tert-OH is 1. The standard InChI is InChI=1S/C37H50N4O8S/c1-25-10-17-32(18-11-25)50(45,46)39-30-14-19-34-33(21-30)36(43)41(27(3)24-42)22-26(2)35(48-20-8-7-9-28(4)49-34)23-40(5)37(44)38-29-12-15-31(47-6)16-13-29/h10-19,21,26-28,35,39,42H,7-9,20,22-24H2,1-6H3,(H,38,44)/t26-,27+,28-,35-/m1/s1. The number of anilines is 2. The van der Waals surface area contributed by atoms with Gasteiger partial charge in [0.2, 0.25) is 0 Å². The first kappa shape index (κ1) is 38.5. The Balaban J connectivity index is 1.61. The van der Waals surface area contributed by atoms with Crippen LogP contribution in [0.25, 0.3) is 0 Å². The summed E-state index contributed by atoms with van der Waals surface area (Å²) in [5.41, 5.74) is 1.91. The van der Waals surface area contributed by atoms with Crippen LogP contribution in [0.1, 0.15) is 56.0 Å². The summed E-state index contributed by atoms with van der Waals surface area (Å²) in [7, 11) is -0.677. The van der Waals surface area contributed by atoms with Gasteiger partial charge in [0.05, 0.1) is 42.4 Å². The Labute approximate surface area is 295 Å². The number of aryl methyl sites for hydroxylation is 1. The smallest absolute Gasteiger partial charge is 0.321 e. The number of methoxy groups -OCH3 is 1. The molecule has 0 unspecified atom stereocenters. The lowest BCUT2D eigenvalue weighted by atomic mass is 10.0. The number of sulfonamides is 1. The van der Waals surface area contributed by atoms with Crippen LogP contribution in [0.4, 0.5) is 16.2 Å². The molecule has 3 N–H and O–H groups in total. The van der Waals surface area contributed by atoms with Gasteiger partial charge in [-0.1, -0.05) is 24.6 Å². The maximum absolute atomic E-state index is 14.4. The Bertz CT molecular complexity index is 1680. The van der Waals surface area contributed by atoms with Crippen LogP contribution in [0.5, 0.6) is 11.5 Å². The minimum Gasteiger partial charge on any atom is -0.497 e. The SMILES string of the molecule is COc1ccc(NC(=O)N(C)C[C@H]2OCCCC[C@@H](C)Oc3ccc(NS(=O)(=O)c4ccc(C)cc4)cc3C(=O)N([C@@H](C)CO)C[C@H]2C)cc1. The van der Waals surface area contributed by atoms with Crippen LogP contribution in [0.15, 0.2) is 71.6 Å². The van der Waals surface area contributed by atoms with Crippen LogP contribution < -0.4 is 19.5 Å². The fraction of sp³-hybridized carbons (Fsp3) is 0.459. The van der Waals surface area contributed by atoms with Crippen molar-refractivity contribution in [1.82, 2.24) is 9.80 Å². The van der Waals surface area contributed by atoms with E-state index in [0.717, 1.165) is 18.4 Å². The molecule has 3 aromatic rings. The quantitative estimate of drug-likeness (QED) is 0.254. The van der Waals surface area contributed by atoms with Crippen molar-refractivity contribution in [3.05, 3.63) is 77.9 Å². The van der Waals surface area contributed by atoms with E-state index in [1.165, 1.54) is 18.2 Å². The minimum atomic E-state index is -3.94. The second-order valence-electron chi connectivity index (χ2n) is 13.0. The molecule has 1 heterocycles. The zero-order chi connectivity index (χ0) is 36.4. The number of hydrogen-bond acceptors (Lipinski definition) is 8. The van der Waals surface area contributed by atoms with E-state index >= 15 is 0 Å². The molecular formula is C37H50N4O8S. The molecule has 13 heteroatoms. The summed E-state index contributed by atoms with van der Waals surface area (Å²) < 4.78 is 46.9. The molecule has 1 aliphatic heterocycles. The molecule has 4 atom stereocenters. The summed E-state index contributed by atoms with van der Waals surface area (Å²) >= 11 is 0. The summed E-state index contributed by atoms with van der Waals surface area (Å²) in [4.78, 5) is 30.8. The van der Waals surface area contributed by atoms with Crippen molar-refractivity contribution >= 4 is 33.3 Å². The molecule has 3 aromatic carbocycles. The molecule has 0 aliphatic carbocycles. The fourth-order valence-corrected chi connectivity index (χ4v) is 6.68. The summed E-state index contributed by atoms with van der Waals surface area (Å²) in [6.45, 7) is 8.07. The van der Waals surface area contributed by atoms with Crippen LogP contribution in [0.3, 0.4) is 0 Å². The van der Waals surface area contributed by atoms with Crippen molar-refractivity contribution in [2.75, 3.05) is 50.5 Å². The number of aliphatic hydroxyl groups is 1. The molecule has 50 heavy (non-hydrogen) atoms. The van der Waals surface area contributed by atoms with E-state index < -0.39 is 28.1 Å². The maximum Gasteiger partial charge on any atom is 0.321 e. The molecule has 12 nitrogen and oxygen atoms in total. The summed E-state index contributed by atoms with van der Waals surface area (Å²) in [6, 6.07) is 17.3. The number of rotatable bonds is 9. The first-order chi connectivity index (χ1) is 23.8. The Morgan fingerprint density at radius 2 is 1.74 bits per heavy atom. The van der Waals surface area contributed by atoms with Gasteiger partial charge in [-0.3, -0.25) is 9.52 Å². The fourth-order valence-electron chi connectivity index (χ4n) is 5.63. The van der Waals surface area contributed by atoms with Gasteiger partial charge in [-0.25, -0.2) is 13.2 Å². The monoisotopic (exact) mass is 710 g/mol. The third kappa shape index (κ3) is 10.3. The number of benzene rings is 3. The van der Waals surface area contributed by atoms with Gasteiger partial charge >= 0.3 is 6.03 Å². The van der Waals surface area contributed by atoms with Gasteiger partial charge in [0.1, 0.15) is 11.5 Å². The van der Waals surface area contributed by atoms with Crippen molar-refractivity contribution < 1.29 is 37.3 Å². The van der Waals surface area contributed by atoms with Gasteiger partial charge in [0.15, 0.2) is 0 Å². The zero-order valence-corrected chi connectivity index (χ0v) is 30.5. The van der Waals surface area contributed by atoms with E-state index in [4.69, 9.17) is 14.2 Å². The summed E-state index contributed by atoms with van der Waals surface area (Å²) in [6.07, 6.45) is 1.58. The number of likely N-dealkylation sites (N-methyl/N-ethyl adjacent to an activating group) is 1. The van der Waals surface area contributed by atoms with Gasteiger partial charge in [0, 0.05) is 44.0 Å². The van der Waals surface area contributed by atoms with E-state index in [1.54, 1.807) is 79.4 Å². The highest BCUT2D eigenvalue weighted by molar-refractivity contribution is 7.92. The topological polar surface area (TPSA) is 147 Å². The van der Waals surface area contributed by atoms with Gasteiger partial charge in [-0.05, 0) is 94.6 Å². The highest BCUT2D eigenvalue weighted by atomic mass is 32.2. The third-order valence-electron chi connectivity index (χ3n) is 8.78. The normalized spacial score (nSPS) is 19.7. The number of ether oxygens (including phenoxy) is 3. The molecular weight excluding hydrogens is 660 g/mol. The van der Waals surface area contributed by atoms with Crippen LogP contribution in [0.2, 0.25) is 0 Å². The molecule has 0 spiro atoms. The number of urea groups is 1. The molecule has 0 saturated heterocycles. The number of amides is 3. The van der Waals surface area contributed by atoms with E-state index in [-0.39, 0.29) is 53.9 Å². The summed E-state index contributed by atoms with van der Waals surface area (Å²) in [5.74, 6) is 0.304. The molecule has 0 fully saturated rings. The van der Waals surface area contributed by atoms with E-state index in [0.29, 0.717) is 30.2 Å². The number of nitrogens with one attached hydrogen (secondary N) is 2. The van der Waals surface area contributed by atoms with Crippen molar-refractivity contribution in [2.24, 2.45) is 5.92 Å². The van der Waals surface area contributed by atoms with Gasteiger partial charge in [0.25, 0.3) is 15.9 Å². The molecule has 0 radical (unpaired) electrons. The predicted octanol–water partition coefficient (Wildman–Crippen LogP) is 5.76. The Morgan fingerprint density at radius 3 is 2.40 bits per heavy atom. The number of carbonyl (C=O) groups excluding carboxylic acids is 2. The predicted molar refractivity (Wildman–Crippen MR) is 194 cm³/mol. The van der Waals surface area contributed by atoms with Crippen LogP contribution in [-0.4, -0.2) is 94.0 Å². The van der Waals surface area contributed by atoms with Gasteiger partial charge in [-0.2, -0.15) is 0 Å². The maximum atomic E-state index is 14.4. The van der Waals surface area contributed by atoms with Crippen LogP contribution in [0, 0.1) is 12.8 Å². The lowest BCUT2D eigenvalue weighted by Crippen LogP contribution is -2.48. The van der Waals surface area contributed by atoms with E-state index in [2.05, 4.69) is 10.0 Å².